The SMILES string of the molecule is CCCNC(=O)[C@H](C)N(C)CCN1CCCC1=O. The first-order valence-corrected chi connectivity index (χ1v) is 6.82. The lowest BCUT2D eigenvalue weighted by Crippen LogP contribution is -2.46. The van der Waals surface area contributed by atoms with E-state index in [4.69, 9.17) is 0 Å². The van der Waals surface area contributed by atoms with Gasteiger partial charge >= 0.3 is 0 Å². The highest BCUT2D eigenvalue weighted by Gasteiger charge is 2.22. The molecule has 1 N–H and O–H groups in total. The Labute approximate surface area is 110 Å². The van der Waals surface area contributed by atoms with Crippen LogP contribution in [-0.4, -0.2) is 60.9 Å². The minimum absolute atomic E-state index is 0.0621. The second-order valence-electron chi connectivity index (χ2n) is 4.93. The number of hydrogen-bond donors (Lipinski definition) is 1. The first-order valence-electron chi connectivity index (χ1n) is 6.82. The number of nitrogens with zero attached hydrogens (tertiary/aromatic N) is 2. The zero-order valence-corrected chi connectivity index (χ0v) is 11.7. The number of rotatable bonds is 7. The Hall–Kier alpha value is -1.10. The molecule has 1 fully saturated rings. The molecule has 2 amide bonds. The fourth-order valence-electron chi connectivity index (χ4n) is 2.01. The predicted octanol–water partition coefficient (Wildman–Crippen LogP) is 0.455. The summed E-state index contributed by atoms with van der Waals surface area (Å²) in [5, 5.41) is 2.89. The van der Waals surface area contributed by atoms with E-state index in [1.165, 1.54) is 0 Å². The molecule has 5 nitrogen and oxygen atoms in total. The Morgan fingerprint density at radius 3 is 2.83 bits per heavy atom. The van der Waals surface area contributed by atoms with E-state index in [1.807, 2.05) is 30.7 Å². The molecule has 5 heteroatoms. The summed E-state index contributed by atoms with van der Waals surface area (Å²) in [5.41, 5.74) is 0. The van der Waals surface area contributed by atoms with Crippen LogP contribution in [0.5, 0.6) is 0 Å². The zero-order chi connectivity index (χ0) is 13.5. The number of likely N-dealkylation sites (tertiary alicyclic amines) is 1. The third kappa shape index (κ3) is 4.29. The number of carbonyl (C=O) groups excluding carboxylic acids is 2. The van der Waals surface area contributed by atoms with Gasteiger partial charge in [-0.15, -0.1) is 0 Å². The second kappa shape index (κ2) is 7.36. The molecular formula is C13H25N3O2. The molecule has 18 heavy (non-hydrogen) atoms. The Balaban J connectivity index is 2.28. The molecule has 0 radical (unpaired) electrons. The van der Waals surface area contributed by atoms with Crippen molar-refractivity contribution in [2.45, 2.75) is 39.2 Å². The zero-order valence-electron chi connectivity index (χ0n) is 11.7. The van der Waals surface area contributed by atoms with Crippen molar-refractivity contribution in [2.24, 2.45) is 0 Å². The van der Waals surface area contributed by atoms with Crippen LogP contribution in [0.25, 0.3) is 0 Å². The minimum atomic E-state index is -0.144. The van der Waals surface area contributed by atoms with Crippen LogP contribution in [0.15, 0.2) is 0 Å². The lowest BCUT2D eigenvalue weighted by molar-refractivity contribution is -0.128. The highest BCUT2D eigenvalue weighted by Crippen LogP contribution is 2.09. The third-order valence-electron chi connectivity index (χ3n) is 3.48. The largest absolute Gasteiger partial charge is 0.355 e. The Kier molecular flexibility index (Phi) is 6.12. The monoisotopic (exact) mass is 255 g/mol. The number of likely N-dealkylation sites (N-methyl/N-ethyl adjacent to an activating group) is 1. The molecule has 0 aromatic heterocycles. The second-order valence-corrected chi connectivity index (χ2v) is 4.93. The summed E-state index contributed by atoms with van der Waals surface area (Å²) in [6, 6.07) is -0.144. The van der Waals surface area contributed by atoms with Crippen LogP contribution >= 0.6 is 0 Å². The van der Waals surface area contributed by atoms with Gasteiger partial charge in [-0.2, -0.15) is 0 Å². The molecule has 0 unspecified atom stereocenters. The van der Waals surface area contributed by atoms with E-state index in [9.17, 15) is 9.59 Å². The van der Waals surface area contributed by atoms with Gasteiger partial charge < -0.3 is 10.2 Å². The Bertz CT molecular complexity index is 294. The van der Waals surface area contributed by atoms with Crippen LogP contribution in [-0.2, 0) is 9.59 Å². The lowest BCUT2D eigenvalue weighted by atomic mass is 10.2. The van der Waals surface area contributed by atoms with Gasteiger partial charge in [-0.1, -0.05) is 6.92 Å². The third-order valence-corrected chi connectivity index (χ3v) is 3.48. The van der Waals surface area contributed by atoms with Gasteiger partial charge in [-0.05, 0) is 26.8 Å². The van der Waals surface area contributed by atoms with Crippen LogP contribution in [0.2, 0.25) is 0 Å². The molecule has 0 bridgehead atoms. The van der Waals surface area contributed by atoms with Crippen LogP contribution in [0, 0.1) is 0 Å². The normalized spacial score (nSPS) is 17.3. The summed E-state index contributed by atoms with van der Waals surface area (Å²) in [4.78, 5) is 27.1. The van der Waals surface area contributed by atoms with Crippen LogP contribution in [0.4, 0.5) is 0 Å². The number of nitrogens with one attached hydrogen (secondary N) is 1. The average Bonchev–Trinajstić information content (AvgIpc) is 2.77. The van der Waals surface area contributed by atoms with Crippen LogP contribution in [0.3, 0.4) is 0 Å². The molecule has 104 valence electrons. The molecular weight excluding hydrogens is 230 g/mol. The van der Waals surface area contributed by atoms with E-state index in [1.54, 1.807) is 0 Å². The van der Waals surface area contributed by atoms with Gasteiger partial charge in [0.1, 0.15) is 0 Å². The molecule has 1 aliphatic rings. The summed E-state index contributed by atoms with van der Waals surface area (Å²) in [5.74, 6) is 0.304. The van der Waals surface area contributed by atoms with E-state index in [0.29, 0.717) is 6.42 Å². The Morgan fingerprint density at radius 2 is 2.28 bits per heavy atom. The van der Waals surface area contributed by atoms with Crippen molar-refractivity contribution in [1.29, 1.82) is 0 Å². The Morgan fingerprint density at radius 1 is 1.56 bits per heavy atom. The number of amides is 2. The maximum Gasteiger partial charge on any atom is 0.237 e. The molecule has 1 saturated heterocycles. The summed E-state index contributed by atoms with van der Waals surface area (Å²) in [7, 11) is 1.93. The molecule has 1 heterocycles. The fourth-order valence-corrected chi connectivity index (χ4v) is 2.01. The molecule has 1 aliphatic heterocycles. The van der Waals surface area contributed by atoms with Gasteiger partial charge in [0.25, 0.3) is 0 Å². The van der Waals surface area contributed by atoms with Gasteiger partial charge in [0, 0.05) is 32.6 Å². The molecule has 0 saturated carbocycles. The van der Waals surface area contributed by atoms with Crippen molar-refractivity contribution >= 4 is 11.8 Å². The summed E-state index contributed by atoms with van der Waals surface area (Å²) in [6.07, 6.45) is 2.59. The van der Waals surface area contributed by atoms with E-state index in [0.717, 1.165) is 39.0 Å². The van der Waals surface area contributed by atoms with Gasteiger partial charge in [0.2, 0.25) is 11.8 Å². The standard InChI is InChI=1S/C13H25N3O2/c1-4-7-14-13(18)11(2)15(3)9-10-16-8-5-6-12(16)17/h11H,4-10H2,1-3H3,(H,14,18)/t11-/m0/s1. The quantitative estimate of drug-likeness (QED) is 0.719. The maximum absolute atomic E-state index is 11.8. The first kappa shape index (κ1) is 15.0. The van der Waals surface area contributed by atoms with Gasteiger partial charge in [-0.3, -0.25) is 14.5 Å². The highest BCUT2D eigenvalue weighted by molar-refractivity contribution is 5.81. The summed E-state index contributed by atoms with van der Waals surface area (Å²) in [6.45, 7) is 6.99. The molecule has 0 spiro atoms. The molecule has 1 atom stereocenters. The maximum atomic E-state index is 11.8. The van der Waals surface area contributed by atoms with Crippen molar-refractivity contribution in [1.82, 2.24) is 15.1 Å². The van der Waals surface area contributed by atoms with E-state index in [2.05, 4.69) is 5.32 Å². The van der Waals surface area contributed by atoms with Crippen molar-refractivity contribution in [3.8, 4) is 0 Å². The van der Waals surface area contributed by atoms with Crippen LogP contribution in [0.1, 0.15) is 33.1 Å². The topological polar surface area (TPSA) is 52.7 Å². The van der Waals surface area contributed by atoms with Gasteiger partial charge in [-0.25, -0.2) is 0 Å². The number of carbonyl (C=O) groups is 2. The molecule has 0 aromatic rings. The smallest absolute Gasteiger partial charge is 0.237 e. The summed E-state index contributed by atoms with van der Waals surface area (Å²) < 4.78 is 0. The van der Waals surface area contributed by atoms with E-state index < -0.39 is 0 Å². The van der Waals surface area contributed by atoms with Crippen LogP contribution < -0.4 is 5.32 Å². The lowest BCUT2D eigenvalue weighted by Gasteiger charge is -2.26. The fraction of sp³-hybridized carbons (Fsp3) is 0.846. The highest BCUT2D eigenvalue weighted by atomic mass is 16.2. The van der Waals surface area contributed by atoms with E-state index in [-0.39, 0.29) is 17.9 Å². The van der Waals surface area contributed by atoms with Crippen molar-refractivity contribution in [3.05, 3.63) is 0 Å². The minimum Gasteiger partial charge on any atom is -0.355 e. The van der Waals surface area contributed by atoms with Crippen molar-refractivity contribution in [3.63, 3.8) is 0 Å². The van der Waals surface area contributed by atoms with Gasteiger partial charge in [0.15, 0.2) is 0 Å². The predicted molar refractivity (Wildman–Crippen MR) is 71.2 cm³/mol. The summed E-state index contributed by atoms with van der Waals surface area (Å²) >= 11 is 0. The first-order chi connectivity index (χ1) is 8.56. The number of hydrogen-bond acceptors (Lipinski definition) is 3. The van der Waals surface area contributed by atoms with Gasteiger partial charge in [0.05, 0.1) is 6.04 Å². The van der Waals surface area contributed by atoms with Crippen molar-refractivity contribution < 1.29 is 9.59 Å². The molecule has 0 aromatic carbocycles. The van der Waals surface area contributed by atoms with E-state index >= 15 is 0 Å². The molecule has 1 rings (SSSR count). The molecule has 0 aliphatic carbocycles. The average molecular weight is 255 g/mol. The van der Waals surface area contributed by atoms with Crippen molar-refractivity contribution in [2.75, 3.05) is 33.2 Å².